The maximum Gasteiger partial charge on any atom is 0.389 e. The first-order valence-electron chi connectivity index (χ1n) is 6.50. The zero-order valence-electron chi connectivity index (χ0n) is 11.5. The molecule has 0 aliphatic heterocycles. The summed E-state index contributed by atoms with van der Waals surface area (Å²) in [6, 6.07) is 1.80. The molecule has 0 saturated heterocycles. The van der Waals surface area contributed by atoms with Gasteiger partial charge in [0, 0.05) is 24.7 Å². The van der Waals surface area contributed by atoms with Gasteiger partial charge in [0.05, 0.1) is 6.42 Å². The van der Waals surface area contributed by atoms with Gasteiger partial charge in [0.2, 0.25) is 0 Å². The molecule has 1 rings (SSSR count). The van der Waals surface area contributed by atoms with Gasteiger partial charge in [-0.2, -0.15) is 13.2 Å². The predicted molar refractivity (Wildman–Crippen MR) is 69.3 cm³/mol. The SMILES string of the molecule is CCCNc1cc(C(C)C)nc(CCC(F)(F)F)n1. The number of hydrogen-bond acceptors (Lipinski definition) is 3. The van der Waals surface area contributed by atoms with Gasteiger partial charge in [-0.3, -0.25) is 0 Å². The number of hydrogen-bond donors (Lipinski definition) is 1. The summed E-state index contributed by atoms with van der Waals surface area (Å²) in [7, 11) is 0. The van der Waals surface area contributed by atoms with Gasteiger partial charge in [0.25, 0.3) is 0 Å². The Hall–Kier alpha value is -1.33. The average Bonchev–Trinajstić information content (AvgIpc) is 2.32. The van der Waals surface area contributed by atoms with E-state index in [4.69, 9.17) is 0 Å². The molecule has 0 saturated carbocycles. The topological polar surface area (TPSA) is 37.8 Å². The van der Waals surface area contributed by atoms with Crippen LogP contribution in [0, 0.1) is 0 Å². The Morgan fingerprint density at radius 2 is 1.95 bits per heavy atom. The second-order valence-corrected chi connectivity index (χ2v) is 4.79. The predicted octanol–water partition coefficient (Wildman–Crippen LogP) is 3.92. The number of halogens is 3. The molecule has 0 aliphatic carbocycles. The number of rotatable bonds is 6. The van der Waals surface area contributed by atoms with E-state index in [2.05, 4.69) is 15.3 Å². The molecule has 0 aliphatic rings. The minimum absolute atomic E-state index is 0.162. The number of alkyl halides is 3. The molecule has 1 N–H and O–H groups in total. The molecule has 108 valence electrons. The highest BCUT2D eigenvalue weighted by atomic mass is 19.4. The number of nitrogens with zero attached hydrogens (tertiary/aromatic N) is 2. The van der Waals surface area contributed by atoms with E-state index in [1.54, 1.807) is 6.07 Å². The van der Waals surface area contributed by atoms with Crippen LogP contribution in [-0.2, 0) is 6.42 Å². The molecule has 0 atom stereocenters. The summed E-state index contributed by atoms with van der Waals surface area (Å²) in [6.07, 6.45) is -4.31. The number of aryl methyl sites for hydroxylation is 1. The van der Waals surface area contributed by atoms with Gasteiger partial charge in [-0.15, -0.1) is 0 Å². The van der Waals surface area contributed by atoms with Crippen molar-refractivity contribution in [2.45, 2.75) is 52.1 Å². The van der Waals surface area contributed by atoms with Crippen LogP contribution in [0.4, 0.5) is 19.0 Å². The first-order chi connectivity index (χ1) is 8.81. The highest BCUT2D eigenvalue weighted by Gasteiger charge is 2.27. The van der Waals surface area contributed by atoms with Crippen molar-refractivity contribution in [1.82, 2.24) is 9.97 Å². The molecular weight excluding hydrogens is 255 g/mol. The molecule has 1 heterocycles. The van der Waals surface area contributed by atoms with E-state index >= 15 is 0 Å². The minimum Gasteiger partial charge on any atom is -0.370 e. The Kier molecular flexibility index (Phi) is 5.57. The Bertz CT molecular complexity index is 403. The molecule has 3 nitrogen and oxygen atoms in total. The van der Waals surface area contributed by atoms with Crippen molar-refractivity contribution < 1.29 is 13.2 Å². The summed E-state index contributed by atoms with van der Waals surface area (Å²) < 4.78 is 36.7. The fraction of sp³-hybridized carbons (Fsp3) is 0.692. The average molecular weight is 275 g/mol. The molecule has 0 amide bonds. The summed E-state index contributed by atoms with van der Waals surface area (Å²) in [5.74, 6) is 1.02. The Labute approximate surface area is 111 Å². The van der Waals surface area contributed by atoms with Crippen LogP contribution < -0.4 is 5.32 Å². The van der Waals surface area contributed by atoms with Crippen molar-refractivity contribution in [2.75, 3.05) is 11.9 Å². The fourth-order valence-electron chi connectivity index (χ4n) is 1.52. The van der Waals surface area contributed by atoms with Crippen molar-refractivity contribution in [2.24, 2.45) is 0 Å². The Morgan fingerprint density at radius 1 is 1.26 bits per heavy atom. The summed E-state index contributed by atoms with van der Waals surface area (Å²) in [5.41, 5.74) is 0.769. The Morgan fingerprint density at radius 3 is 2.47 bits per heavy atom. The van der Waals surface area contributed by atoms with Crippen molar-refractivity contribution in [3.8, 4) is 0 Å². The van der Waals surface area contributed by atoms with E-state index in [1.807, 2.05) is 20.8 Å². The fourth-order valence-corrected chi connectivity index (χ4v) is 1.52. The Balaban J connectivity index is 2.86. The zero-order chi connectivity index (χ0) is 14.5. The minimum atomic E-state index is -4.17. The molecule has 0 aromatic carbocycles. The van der Waals surface area contributed by atoms with E-state index in [0.29, 0.717) is 5.82 Å². The van der Waals surface area contributed by atoms with Gasteiger partial charge in [-0.05, 0) is 12.3 Å². The molecule has 1 aromatic heterocycles. The van der Waals surface area contributed by atoms with Crippen LogP contribution in [0.1, 0.15) is 51.0 Å². The van der Waals surface area contributed by atoms with Crippen molar-refractivity contribution in [3.63, 3.8) is 0 Å². The van der Waals surface area contributed by atoms with E-state index in [1.165, 1.54) is 0 Å². The van der Waals surface area contributed by atoms with Crippen LogP contribution in [0.2, 0.25) is 0 Å². The van der Waals surface area contributed by atoms with E-state index in [-0.39, 0.29) is 18.2 Å². The van der Waals surface area contributed by atoms with Crippen molar-refractivity contribution >= 4 is 5.82 Å². The van der Waals surface area contributed by atoms with Crippen LogP contribution in [0.3, 0.4) is 0 Å². The smallest absolute Gasteiger partial charge is 0.370 e. The van der Waals surface area contributed by atoms with Gasteiger partial charge in [-0.25, -0.2) is 9.97 Å². The largest absolute Gasteiger partial charge is 0.389 e. The van der Waals surface area contributed by atoms with Gasteiger partial charge in [0.15, 0.2) is 0 Å². The van der Waals surface area contributed by atoms with Gasteiger partial charge in [0.1, 0.15) is 11.6 Å². The third kappa shape index (κ3) is 5.89. The van der Waals surface area contributed by atoms with E-state index < -0.39 is 12.6 Å². The van der Waals surface area contributed by atoms with Crippen LogP contribution in [-0.4, -0.2) is 22.7 Å². The lowest BCUT2D eigenvalue weighted by Gasteiger charge is -2.12. The maximum absolute atomic E-state index is 12.2. The van der Waals surface area contributed by atoms with Gasteiger partial charge in [-0.1, -0.05) is 20.8 Å². The van der Waals surface area contributed by atoms with Crippen molar-refractivity contribution in [3.05, 3.63) is 17.6 Å². The van der Waals surface area contributed by atoms with Gasteiger partial charge < -0.3 is 5.32 Å². The first-order valence-corrected chi connectivity index (χ1v) is 6.50. The molecule has 19 heavy (non-hydrogen) atoms. The van der Waals surface area contributed by atoms with Crippen LogP contribution in [0.25, 0.3) is 0 Å². The quantitative estimate of drug-likeness (QED) is 0.855. The molecule has 6 heteroatoms. The standard InChI is InChI=1S/C13H20F3N3/c1-4-7-17-12-8-10(9(2)3)18-11(19-12)5-6-13(14,15)16/h8-9H,4-7H2,1-3H3,(H,17,18,19). The summed E-state index contributed by atoms with van der Waals surface area (Å²) in [5, 5.41) is 3.09. The summed E-state index contributed by atoms with van der Waals surface area (Å²) >= 11 is 0. The monoisotopic (exact) mass is 275 g/mol. The van der Waals surface area contributed by atoms with Crippen LogP contribution in [0.15, 0.2) is 6.07 Å². The molecule has 0 spiro atoms. The van der Waals surface area contributed by atoms with Crippen molar-refractivity contribution in [1.29, 1.82) is 0 Å². The molecule has 0 fully saturated rings. The molecule has 0 bridgehead atoms. The number of aromatic nitrogens is 2. The summed E-state index contributed by atoms with van der Waals surface area (Å²) in [4.78, 5) is 8.33. The first kappa shape index (κ1) is 15.7. The molecule has 0 unspecified atom stereocenters. The van der Waals surface area contributed by atoms with Crippen LogP contribution >= 0.6 is 0 Å². The summed E-state index contributed by atoms with van der Waals surface area (Å²) in [6.45, 7) is 6.67. The molecule has 0 radical (unpaired) electrons. The maximum atomic E-state index is 12.2. The highest BCUT2D eigenvalue weighted by Crippen LogP contribution is 2.22. The second-order valence-electron chi connectivity index (χ2n) is 4.79. The third-order valence-corrected chi connectivity index (χ3v) is 2.57. The van der Waals surface area contributed by atoms with Gasteiger partial charge >= 0.3 is 6.18 Å². The highest BCUT2D eigenvalue weighted by molar-refractivity contribution is 5.36. The molecular formula is C13H20F3N3. The lowest BCUT2D eigenvalue weighted by Crippen LogP contribution is -2.12. The third-order valence-electron chi connectivity index (χ3n) is 2.57. The van der Waals surface area contributed by atoms with E-state index in [9.17, 15) is 13.2 Å². The lowest BCUT2D eigenvalue weighted by atomic mass is 10.1. The second kappa shape index (κ2) is 6.73. The molecule has 1 aromatic rings. The number of anilines is 1. The zero-order valence-corrected chi connectivity index (χ0v) is 11.5. The lowest BCUT2D eigenvalue weighted by molar-refractivity contribution is -0.134. The number of nitrogens with one attached hydrogen (secondary N) is 1. The van der Waals surface area contributed by atoms with Crippen LogP contribution in [0.5, 0.6) is 0 Å². The normalized spacial score (nSPS) is 11.9. The van der Waals surface area contributed by atoms with E-state index in [0.717, 1.165) is 18.7 Å².